The van der Waals surface area contributed by atoms with Gasteiger partial charge in [0.2, 0.25) is 0 Å². The van der Waals surface area contributed by atoms with Crippen molar-refractivity contribution in [2.75, 3.05) is 0 Å². The Kier molecular flexibility index (Phi) is 11.2. The number of rotatable bonds is 0. The van der Waals surface area contributed by atoms with Crippen LogP contribution in [0, 0.1) is 13.1 Å². The smallest absolute Gasteiger partial charge is 0.342 e. The van der Waals surface area contributed by atoms with Crippen molar-refractivity contribution in [1.29, 1.82) is 0 Å². The summed E-state index contributed by atoms with van der Waals surface area (Å²) < 4.78 is 0. The van der Waals surface area contributed by atoms with E-state index in [-0.39, 0.29) is 36.7 Å². The summed E-state index contributed by atoms with van der Waals surface area (Å²) in [6, 6.07) is 16.2. The maximum absolute atomic E-state index is 3.91. The Morgan fingerprint density at radius 3 is 1.06 bits per heavy atom. The standard InChI is InChI=1S/C21H25.2C4H11Si.Sc/c1-20(2,3)16-7-9-18-14(12-16)11-15-13-17(21(4,5)6)8-10-19(15)18;2*1-5(2,3)4;/h7-13H,1-6H3;2*1H2,2-4H3;/q3*-1;+3. The van der Waals surface area contributed by atoms with Gasteiger partial charge in [-0.25, -0.2) is 0 Å². The van der Waals surface area contributed by atoms with Crippen molar-refractivity contribution in [2.24, 2.45) is 0 Å². The van der Waals surface area contributed by atoms with Crippen LogP contribution in [0.25, 0.3) is 21.5 Å². The monoisotopic (exact) mass is 496 g/mol. The van der Waals surface area contributed by atoms with Gasteiger partial charge in [0.05, 0.1) is 0 Å². The van der Waals surface area contributed by atoms with Crippen molar-refractivity contribution in [2.45, 2.75) is 91.7 Å². The number of hydrogen-bond acceptors (Lipinski definition) is 0. The van der Waals surface area contributed by atoms with Crippen molar-refractivity contribution in [3.63, 3.8) is 0 Å². The van der Waals surface area contributed by atoms with Crippen LogP contribution in [0.5, 0.6) is 0 Å². The molecule has 0 amide bonds. The first-order valence-electron chi connectivity index (χ1n) is 11.5. The van der Waals surface area contributed by atoms with Gasteiger partial charge in [-0.1, -0.05) is 116 Å². The summed E-state index contributed by atoms with van der Waals surface area (Å²) in [6.45, 7) is 34.7. The van der Waals surface area contributed by atoms with E-state index in [0.717, 1.165) is 0 Å². The maximum Gasteiger partial charge on any atom is 3.00 e. The second kappa shape index (κ2) is 11.4. The number of benzene rings is 2. The molecule has 0 bridgehead atoms. The van der Waals surface area contributed by atoms with Gasteiger partial charge in [-0.05, 0) is 10.8 Å². The molecule has 32 heavy (non-hydrogen) atoms. The zero-order valence-corrected chi connectivity index (χ0v) is 26.8. The molecule has 0 N–H and O–H groups in total. The summed E-state index contributed by atoms with van der Waals surface area (Å²) in [5, 5.41) is 5.48. The maximum atomic E-state index is 3.91. The van der Waals surface area contributed by atoms with Crippen LogP contribution >= 0.6 is 0 Å². The van der Waals surface area contributed by atoms with Gasteiger partial charge in [0.15, 0.2) is 0 Å². The van der Waals surface area contributed by atoms with Crippen LogP contribution in [0.4, 0.5) is 0 Å². The Hall–Kier alpha value is -0.386. The summed E-state index contributed by atoms with van der Waals surface area (Å²) in [5.41, 5.74) is 3.21. The van der Waals surface area contributed by atoms with Crippen LogP contribution in [0.15, 0.2) is 42.5 Å². The van der Waals surface area contributed by atoms with Crippen LogP contribution in [-0.2, 0) is 36.7 Å². The van der Waals surface area contributed by atoms with Gasteiger partial charge in [0, 0.05) is 0 Å². The fourth-order valence-electron chi connectivity index (χ4n) is 2.96. The first kappa shape index (κ1) is 31.6. The van der Waals surface area contributed by atoms with Crippen LogP contribution in [0.2, 0.25) is 39.3 Å². The van der Waals surface area contributed by atoms with E-state index in [4.69, 9.17) is 0 Å². The molecule has 0 fully saturated rings. The predicted molar refractivity (Wildman–Crippen MR) is 152 cm³/mol. The van der Waals surface area contributed by atoms with E-state index in [9.17, 15) is 0 Å². The third-order valence-corrected chi connectivity index (χ3v) is 4.44. The number of hydrogen-bond donors (Lipinski definition) is 0. The molecule has 0 aliphatic heterocycles. The van der Waals surface area contributed by atoms with Crippen molar-refractivity contribution in [3.8, 4) is 0 Å². The minimum atomic E-state index is -0.861. The van der Waals surface area contributed by atoms with Crippen molar-refractivity contribution >= 4 is 37.7 Å². The zero-order chi connectivity index (χ0) is 24.4. The quantitative estimate of drug-likeness (QED) is 0.215. The Balaban J connectivity index is 0.000000740. The summed E-state index contributed by atoms with van der Waals surface area (Å²) in [7, 11) is -1.72. The molecule has 0 aliphatic carbocycles. The summed E-state index contributed by atoms with van der Waals surface area (Å²) >= 11 is 0. The van der Waals surface area contributed by atoms with Gasteiger partial charge >= 0.3 is 25.8 Å². The molecule has 0 aliphatic rings. The fraction of sp³-hybridized carbons (Fsp3) is 0.483. The molecule has 0 atom stereocenters. The Bertz CT molecular complexity index is 892. The predicted octanol–water partition coefficient (Wildman–Crippen LogP) is 9.70. The normalized spacial score (nSPS) is 12.4. The second-order valence-electron chi connectivity index (χ2n) is 13.4. The Labute approximate surface area is 220 Å². The summed E-state index contributed by atoms with van der Waals surface area (Å²) in [4.78, 5) is 0. The van der Waals surface area contributed by atoms with Gasteiger partial charge in [0.25, 0.3) is 0 Å². The molecule has 0 saturated heterocycles. The molecule has 174 valence electrons. The van der Waals surface area contributed by atoms with E-state index >= 15 is 0 Å². The first-order chi connectivity index (χ1) is 13.7. The van der Waals surface area contributed by atoms with E-state index < -0.39 is 16.1 Å². The third kappa shape index (κ3) is 11.7. The van der Waals surface area contributed by atoms with Gasteiger partial charge in [-0.2, -0.15) is 0 Å². The summed E-state index contributed by atoms with van der Waals surface area (Å²) in [6.07, 6.45) is 0. The van der Waals surface area contributed by atoms with Crippen molar-refractivity contribution in [3.05, 3.63) is 66.7 Å². The molecule has 0 radical (unpaired) electrons. The minimum Gasteiger partial charge on any atom is -0.342 e. The molecule has 3 aromatic rings. The van der Waals surface area contributed by atoms with Gasteiger partial charge in [0.1, 0.15) is 0 Å². The van der Waals surface area contributed by atoms with Crippen molar-refractivity contribution < 1.29 is 25.8 Å². The van der Waals surface area contributed by atoms with E-state index in [1.165, 1.54) is 32.7 Å². The first-order valence-corrected chi connectivity index (χ1v) is 18.9. The van der Waals surface area contributed by atoms with Crippen molar-refractivity contribution in [1.82, 2.24) is 0 Å². The molecule has 0 nitrogen and oxygen atoms in total. The van der Waals surface area contributed by atoms with E-state index in [2.05, 4.69) is 136 Å². The summed E-state index contributed by atoms with van der Waals surface area (Å²) in [5.74, 6) is 0. The fourth-order valence-corrected chi connectivity index (χ4v) is 2.96. The van der Waals surface area contributed by atoms with Crippen LogP contribution in [0.1, 0.15) is 52.7 Å². The largest absolute Gasteiger partial charge is 3.00 e. The molecule has 3 aromatic carbocycles. The van der Waals surface area contributed by atoms with E-state index in [0.29, 0.717) is 0 Å². The minimum absolute atomic E-state index is 0. The molecule has 0 aromatic heterocycles. The molecule has 3 rings (SSSR count). The Morgan fingerprint density at radius 1 is 0.594 bits per heavy atom. The molecular formula is C29H47ScSi2. The zero-order valence-electron chi connectivity index (χ0n) is 23.0. The topological polar surface area (TPSA) is 0 Å². The Morgan fingerprint density at radius 2 is 0.844 bits per heavy atom. The average Bonchev–Trinajstić information content (AvgIpc) is 2.86. The van der Waals surface area contributed by atoms with Crippen LogP contribution in [0.3, 0.4) is 0 Å². The van der Waals surface area contributed by atoms with E-state index in [1.54, 1.807) is 0 Å². The van der Waals surface area contributed by atoms with Crippen LogP contribution in [-0.4, -0.2) is 16.1 Å². The van der Waals surface area contributed by atoms with Gasteiger partial charge < -0.3 is 13.1 Å². The molecule has 0 saturated carbocycles. The van der Waals surface area contributed by atoms with Gasteiger partial charge in [-0.15, -0.1) is 55.9 Å². The molecule has 0 heterocycles. The third-order valence-electron chi connectivity index (χ3n) is 4.44. The molecule has 3 heteroatoms. The molecule has 0 unspecified atom stereocenters. The number of fused-ring (bicyclic) bond motifs is 3. The van der Waals surface area contributed by atoms with E-state index in [1.807, 2.05) is 0 Å². The average molecular weight is 497 g/mol. The molecular weight excluding hydrogens is 449 g/mol. The van der Waals surface area contributed by atoms with Crippen LogP contribution < -0.4 is 0 Å². The molecule has 0 spiro atoms. The SMILES string of the molecule is CC(C)(C)c1ccc2c(c1)[cH-]c1cc(C(C)(C)C)ccc12.[CH2-][Si](C)(C)C.[CH2-][Si](C)(C)C.[Sc+3]. The second-order valence-corrected chi connectivity index (χ2v) is 23.6. The van der Waals surface area contributed by atoms with Gasteiger partial charge in [-0.3, -0.25) is 0 Å².